The van der Waals surface area contributed by atoms with Gasteiger partial charge in [-0.1, -0.05) is 31.5 Å². The lowest BCUT2D eigenvalue weighted by molar-refractivity contribution is -0.124. The first-order chi connectivity index (χ1) is 11.9. The fourth-order valence-corrected chi connectivity index (χ4v) is 3.36. The third kappa shape index (κ3) is 2.94. The second-order valence-electron chi connectivity index (χ2n) is 7.01. The lowest BCUT2D eigenvalue weighted by Crippen LogP contribution is -2.37. The Morgan fingerprint density at radius 1 is 1.16 bits per heavy atom. The van der Waals surface area contributed by atoms with E-state index < -0.39 is 5.41 Å². The van der Waals surface area contributed by atoms with Gasteiger partial charge in [0.05, 0.1) is 5.52 Å². The Morgan fingerprint density at radius 2 is 2.00 bits per heavy atom. The number of amides is 1. The summed E-state index contributed by atoms with van der Waals surface area (Å²) in [7, 11) is 0. The second kappa shape index (κ2) is 5.74. The van der Waals surface area contributed by atoms with Crippen LogP contribution in [0.3, 0.4) is 0 Å². The fourth-order valence-electron chi connectivity index (χ4n) is 3.12. The Labute approximate surface area is 151 Å². The minimum Gasteiger partial charge on any atom is -0.340 e. The third-order valence-electron chi connectivity index (χ3n) is 4.55. The summed E-state index contributed by atoms with van der Waals surface area (Å²) in [5.41, 5.74) is 3.40. The number of halogens is 1. The molecular weight excluding hydrogens is 334 g/mol. The lowest BCUT2D eigenvalue weighted by Gasteiger charge is -2.30. The molecule has 0 fully saturated rings. The molecule has 0 saturated heterocycles. The maximum absolute atomic E-state index is 12.1. The van der Waals surface area contributed by atoms with Crippen molar-refractivity contribution in [2.75, 3.05) is 10.6 Å². The number of pyridine rings is 1. The number of hydrogen-bond acceptors (Lipinski definition) is 3. The van der Waals surface area contributed by atoms with E-state index in [2.05, 4.69) is 21.7 Å². The van der Waals surface area contributed by atoms with Crippen LogP contribution in [0.25, 0.3) is 10.9 Å². The van der Waals surface area contributed by atoms with Crippen LogP contribution in [0.15, 0.2) is 48.5 Å². The molecule has 126 valence electrons. The van der Waals surface area contributed by atoms with Gasteiger partial charge in [-0.2, -0.15) is 0 Å². The Kier molecular flexibility index (Phi) is 3.65. The number of carbonyl (C=O) groups excluding carboxylic acids is 1. The van der Waals surface area contributed by atoms with Gasteiger partial charge in [-0.3, -0.25) is 4.79 Å². The summed E-state index contributed by atoms with van der Waals surface area (Å²) in [6, 6.07) is 15.5. The van der Waals surface area contributed by atoms with Gasteiger partial charge in [0, 0.05) is 27.2 Å². The third-order valence-corrected chi connectivity index (χ3v) is 4.88. The molecule has 2 N–H and O–H groups in total. The highest BCUT2D eigenvalue weighted by atomic mass is 35.5. The molecule has 0 bridgehead atoms. The topological polar surface area (TPSA) is 54.0 Å². The second-order valence-corrected chi connectivity index (χ2v) is 7.42. The summed E-state index contributed by atoms with van der Waals surface area (Å²) >= 11 is 6.19. The van der Waals surface area contributed by atoms with Gasteiger partial charge >= 0.3 is 0 Å². The van der Waals surface area contributed by atoms with E-state index in [0.29, 0.717) is 11.4 Å². The Bertz CT molecular complexity index is 997. The number of benzene rings is 2. The molecule has 1 aromatic heterocycles. The Balaban J connectivity index is 1.65. The average Bonchev–Trinajstić information content (AvgIpc) is 2.56. The summed E-state index contributed by atoms with van der Waals surface area (Å²) in [5.74, 6) is 0.822. The molecule has 25 heavy (non-hydrogen) atoms. The van der Waals surface area contributed by atoms with E-state index >= 15 is 0 Å². The highest BCUT2D eigenvalue weighted by Crippen LogP contribution is 2.35. The Hall–Kier alpha value is -2.59. The van der Waals surface area contributed by atoms with Gasteiger partial charge in [-0.15, -0.1) is 0 Å². The number of carbonyl (C=O) groups is 1. The van der Waals surface area contributed by atoms with Crippen LogP contribution in [-0.2, 0) is 11.2 Å². The lowest BCUT2D eigenvalue weighted by atomic mass is 9.81. The molecule has 4 rings (SSSR count). The van der Waals surface area contributed by atoms with Crippen LogP contribution < -0.4 is 10.6 Å². The van der Waals surface area contributed by atoms with E-state index in [9.17, 15) is 4.79 Å². The molecule has 2 heterocycles. The van der Waals surface area contributed by atoms with Gasteiger partial charge < -0.3 is 10.6 Å². The van der Waals surface area contributed by atoms with Gasteiger partial charge in [0.25, 0.3) is 0 Å². The van der Waals surface area contributed by atoms with Gasteiger partial charge in [0.15, 0.2) is 0 Å². The van der Waals surface area contributed by atoms with Gasteiger partial charge in [0.1, 0.15) is 5.82 Å². The normalized spacial score (nSPS) is 15.6. The van der Waals surface area contributed by atoms with Crippen molar-refractivity contribution < 1.29 is 4.79 Å². The van der Waals surface area contributed by atoms with Crippen LogP contribution in [0.5, 0.6) is 0 Å². The molecule has 4 nitrogen and oxygen atoms in total. The van der Waals surface area contributed by atoms with Crippen LogP contribution in [-0.4, -0.2) is 10.9 Å². The number of anilines is 3. The summed E-state index contributed by atoms with van der Waals surface area (Å²) in [6.07, 6.45) is 0.713. The number of nitrogens with zero attached hydrogens (tertiary/aromatic N) is 1. The van der Waals surface area contributed by atoms with Crippen LogP contribution in [0.2, 0.25) is 5.02 Å². The molecule has 0 saturated carbocycles. The molecule has 0 radical (unpaired) electrons. The molecule has 5 heteroatoms. The zero-order valence-electron chi connectivity index (χ0n) is 14.1. The summed E-state index contributed by atoms with van der Waals surface area (Å²) < 4.78 is 0. The van der Waals surface area contributed by atoms with Crippen molar-refractivity contribution in [2.45, 2.75) is 20.3 Å². The van der Waals surface area contributed by atoms with Crippen LogP contribution >= 0.6 is 11.6 Å². The number of hydrogen-bond donors (Lipinski definition) is 2. The van der Waals surface area contributed by atoms with Gasteiger partial charge in [-0.05, 0) is 54.4 Å². The van der Waals surface area contributed by atoms with E-state index in [1.807, 2.05) is 56.3 Å². The van der Waals surface area contributed by atoms with Crippen molar-refractivity contribution in [1.82, 2.24) is 4.98 Å². The number of aromatic nitrogens is 1. The van der Waals surface area contributed by atoms with Gasteiger partial charge in [-0.25, -0.2) is 4.98 Å². The number of nitrogens with one attached hydrogen (secondary N) is 2. The van der Waals surface area contributed by atoms with E-state index in [1.165, 1.54) is 0 Å². The first kappa shape index (κ1) is 15.9. The van der Waals surface area contributed by atoms with Crippen molar-refractivity contribution >= 4 is 45.6 Å². The molecule has 0 atom stereocenters. The highest BCUT2D eigenvalue weighted by molar-refractivity contribution is 6.35. The van der Waals surface area contributed by atoms with E-state index in [-0.39, 0.29) is 5.91 Å². The molecule has 1 aliphatic rings. The number of fused-ring (bicyclic) bond motifs is 2. The predicted molar refractivity (Wildman–Crippen MR) is 103 cm³/mol. The zero-order chi connectivity index (χ0) is 17.6. The first-order valence-electron chi connectivity index (χ1n) is 8.19. The summed E-state index contributed by atoms with van der Waals surface area (Å²) in [4.78, 5) is 16.7. The van der Waals surface area contributed by atoms with Crippen molar-refractivity contribution in [2.24, 2.45) is 5.41 Å². The quantitative estimate of drug-likeness (QED) is 0.671. The van der Waals surface area contributed by atoms with Crippen LogP contribution in [0.4, 0.5) is 17.2 Å². The van der Waals surface area contributed by atoms with Crippen molar-refractivity contribution in [3.63, 3.8) is 0 Å². The summed E-state index contributed by atoms with van der Waals surface area (Å²) in [5, 5.41) is 7.94. The van der Waals surface area contributed by atoms with E-state index in [4.69, 9.17) is 11.6 Å². The maximum Gasteiger partial charge on any atom is 0.230 e. The smallest absolute Gasteiger partial charge is 0.230 e. The van der Waals surface area contributed by atoms with Crippen molar-refractivity contribution in [1.29, 1.82) is 0 Å². The molecular formula is C20H18ClN3O. The monoisotopic (exact) mass is 351 g/mol. The van der Waals surface area contributed by atoms with Crippen LogP contribution in [0.1, 0.15) is 19.4 Å². The molecule has 0 unspecified atom stereocenters. The van der Waals surface area contributed by atoms with E-state index in [0.717, 1.165) is 33.7 Å². The van der Waals surface area contributed by atoms with Gasteiger partial charge in [0.2, 0.25) is 5.91 Å². The fraction of sp³-hybridized carbons (Fsp3) is 0.200. The molecule has 0 aliphatic carbocycles. The molecule has 3 aromatic rings. The molecule has 0 spiro atoms. The first-order valence-corrected chi connectivity index (χ1v) is 8.57. The largest absolute Gasteiger partial charge is 0.340 e. The average molecular weight is 352 g/mol. The van der Waals surface area contributed by atoms with Crippen molar-refractivity contribution in [3.8, 4) is 0 Å². The maximum atomic E-state index is 12.1. The molecule has 2 aromatic carbocycles. The standard InChI is InChI=1S/C20H18ClN3O/c1-20(2)11-12-10-13(6-8-16(12)24-19(20)25)22-18-9-7-14-15(21)4-3-5-17(14)23-18/h3-10H,11H2,1-2H3,(H,22,23)(H,24,25). The molecule has 1 aliphatic heterocycles. The minimum atomic E-state index is -0.399. The Morgan fingerprint density at radius 3 is 2.84 bits per heavy atom. The SMILES string of the molecule is CC1(C)Cc2cc(Nc3ccc4c(Cl)cccc4n3)ccc2NC1=O. The van der Waals surface area contributed by atoms with Crippen molar-refractivity contribution in [3.05, 3.63) is 59.1 Å². The molecule has 1 amide bonds. The zero-order valence-corrected chi connectivity index (χ0v) is 14.8. The predicted octanol–water partition coefficient (Wildman–Crippen LogP) is 5.15. The summed E-state index contributed by atoms with van der Waals surface area (Å²) in [6.45, 7) is 3.92. The minimum absolute atomic E-state index is 0.0637. The van der Waals surface area contributed by atoms with Crippen LogP contribution in [0, 0.1) is 5.41 Å². The van der Waals surface area contributed by atoms with E-state index in [1.54, 1.807) is 0 Å². The number of rotatable bonds is 2. The highest BCUT2D eigenvalue weighted by Gasteiger charge is 2.33.